The van der Waals surface area contributed by atoms with Crippen molar-refractivity contribution in [2.24, 2.45) is 5.73 Å². The van der Waals surface area contributed by atoms with Gasteiger partial charge < -0.3 is 20.5 Å². The zero-order valence-electron chi connectivity index (χ0n) is 11.5. The van der Waals surface area contributed by atoms with Crippen LogP contribution < -0.4 is 11.1 Å². The van der Waals surface area contributed by atoms with E-state index in [2.05, 4.69) is 10.5 Å². The van der Waals surface area contributed by atoms with Gasteiger partial charge >= 0.3 is 0 Å². The zero-order valence-corrected chi connectivity index (χ0v) is 11.5. The van der Waals surface area contributed by atoms with E-state index in [9.17, 15) is 9.59 Å². The fraction of sp³-hybridized carbons (Fsp3) is 0.583. The van der Waals surface area contributed by atoms with E-state index in [1.807, 2.05) is 6.92 Å². The van der Waals surface area contributed by atoms with Crippen molar-refractivity contribution < 1.29 is 14.1 Å². The van der Waals surface area contributed by atoms with Gasteiger partial charge in [-0.2, -0.15) is 0 Å². The third-order valence-corrected chi connectivity index (χ3v) is 2.52. The monoisotopic (exact) mass is 268 g/mol. The first-order chi connectivity index (χ1) is 8.88. The third-order valence-electron chi connectivity index (χ3n) is 2.52. The summed E-state index contributed by atoms with van der Waals surface area (Å²) in [6, 6.07) is 1.58. The number of carbonyl (C=O) groups excluding carboxylic acids is 2. The number of amides is 2. The first-order valence-corrected chi connectivity index (χ1v) is 6.11. The summed E-state index contributed by atoms with van der Waals surface area (Å²) in [5.41, 5.74) is 5.58. The van der Waals surface area contributed by atoms with E-state index in [1.54, 1.807) is 20.0 Å². The summed E-state index contributed by atoms with van der Waals surface area (Å²) in [6.07, 6.45) is 0.942. The molecule has 0 radical (unpaired) electrons. The molecule has 7 nitrogen and oxygen atoms in total. The normalized spacial score (nSPS) is 12.0. The van der Waals surface area contributed by atoms with Gasteiger partial charge in [-0.25, -0.2) is 0 Å². The first-order valence-electron chi connectivity index (χ1n) is 6.11. The molecule has 1 aromatic heterocycles. The number of aromatic nitrogens is 1. The average Bonchev–Trinajstić information content (AvgIpc) is 2.71. The minimum atomic E-state index is -0.315. The van der Waals surface area contributed by atoms with Crippen LogP contribution in [0.3, 0.4) is 0 Å². The van der Waals surface area contributed by atoms with Crippen LogP contribution in [0.2, 0.25) is 0 Å². The minimum absolute atomic E-state index is 0.0238. The molecule has 0 spiro atoms. The molecule has 7 heteroatoms. The number of hydrogen-bond acceptors (Lipinski definition) is 5. The lowest BCUT2D eigenvalue weighted by atomic mass is 10.2. The lowest BCUT2D eigenvalue weighted by Crippen LogP contribution is -2.35. The average molecular weight is 268 g/mol. The topological polar surface area (TPSA) is 101 Å². The van der Waals surface area contributed by atoms with Crippen LogP contribution in [0.15, 0.2) is 10.6 Å². The first kappa shape index (κ1) is 15.2. The predicted molar refractivity (Wildman–Crippen MR) is 70.4 cm³/mol. The van der Waals surface area contributed by atoms with Crippen molar-refractivity contribution in [2.45, 2.75) is 32.7 Å². The molecule has 0 fully saturated rings. The number of likely N-dealkylation sites (N-methyl/N-ethyl adjacent to an activating group) is 1. The molecule has 19 heavy (non-hydrogen) atoms. The quantitative estimate of drug-likeness (QED) is 0.782. The van der Waals surface area contributed by atoms with Crippen molar-refractivity contribution in [1.82, 2.24) is 10.1 Å². The number of aryl methyl sites for hydroxylation is 1. The van der Waals surface area contributed by atoms with Crippen LogP contribution in [0.25, 0.3) is 0 Å². The molecule has 3 N–H and O–H groups in total. The van der Waals surface area contributed by atoms with Gasteiger partial charge in [-0.3, -0.25) is 9.59 Å². The van der Waals surface area contributed by atoms with Crippen molar-refractivity contribution in [3.63, 3.8) is 0 Å². The minimum Gasteiger partial charge on any atom is -0.360 e. The molecule has 0 aliphatic rings. The number of rotatable bonds is 6. The second kappa shape index (κ2) is 6.89. The molecular formula is C12H20N4O3. The molecule has 106 valence electrons. The lowest BCUT2D eigenvalue weighted by molar-refractivity contribution is -0.133. The molecule has 1 atom stereocenters. The number of nitrogens with two attached hydrogens (primary N) is 1. The highest BCUT2D eigenvalue weighted by Gasteiger charge is 2.14. The zero-order chi connectivity index (χ0) is 14.4. The van der Waals surface area contributed by atoms with Gasteiger partial charge in [0.1, 0.15) is 5.76 Å². The highest BCUT2D eigenvalue weighted by molar-refractivity contribution is 5.93. The Labute approximate surface area is 112 Å². The molecule has 1 rings (SSSR count). The maximum atomic E-state index is 11.7. The van der Waals surface area contributed by atoms with E-state index in [4.69, 9.17) is 10.3 Å². The largest absolute Gasteiger partial charge is 0.360 e. The van der Waals surface area contributed by atoms with Crippen molar-refractivity contribution in [1.29, 1.82) is 0 Å². The molecule has 1 unspecified atom stereocenters. The lowest BCUT2D eigenvalue weighted by Gasteiger charge is -2.16. The van der Waals surface area contributed by atoms with Crippen LogP contribution in [0.4, 0.5) is 5.82 Å². The fourth-order valence-corrected chi connectivity index (χ4v) is 1.45. The van der Waals surface area contributed by atoms with E-state index < -0.39 is 0 Å². The van der Waals surface area contributed by atoms with Gasteiger partial charge in [0.2, 0.25) is 11.8 Å². The van der Waals surface area contributed by atoms with Crippen LogP contribution in [0, 0.1) is 6.92 Å². The molecule has 0 bridgehead atoms. The van der Waals surface area contributed by atoms with Crippen molar-refractivity contribution in [2.75, 3.05) is 18.9 Å². The van der Waals surface area contributed by atoms with Crippen LogP contribution in [0.1, 0.15) is 25.5 Å². The van der Waals surface area contributed by atoms with E-state index in [-0.39, 0.29) is 24.4 Å². The SMILES string of the molecule is Cc1cc(NC(=O)CN(C)C(=O)CCC(C)N)no1. The van der Waals surface area contributed by atoms with Gasteiger partial charge in [-0.1, -0.05) is 5.16 Å². The molecular weight excluding hydrogens is 248 g/mol. The summed E-state index contributed by atoms with van der Waals surface area (Å²) in [6.45, 7) is 3.54. The Morgan fingerprint density at radius 2 is 2.26 bits per heavy atom. The summed E-state index contributed by atoms with van der Waals surface area (Å²) < 4.78 is 4.82. The standard InChI is InChI=1S/C12H20N4O3/c1-8(13)4-5-12(18)16(3)7-11(17)14-10-6-9(2)19-15-10/h6,8H,4-5,7,13H2,1-3H3,(H,14,15,17). The summed E-state index contributed by atoms with van der Waals surface area (Å²) in [4.78, 5) is 24.7. The third kappa shape index (κ3) is 5.52. The van der Waals surface area contributed by atoms with Crippen LogP contribution >= 0.6 is 0 Å². The number of nitrogens with one attached hydrogen (secondary N) is 1. The molecule has 1 heterocycles. The number of carbonyl (C=O) groups is 2. The molecule has 0 aliphatic heterocycles. The van der Waals surface area contributed by atoms with Crippen LogP contribution in [-0.4, -0.2) is 41.5 Å². The Balaban J connectivity index is 2.37. The van der Waals surface area contributed by atoms with E-state index in [0.29, 0.717) is 24.4 Å². The second-order valence-electron chi connectivity index (χ2n) is 4.64. The second-order valence-corrected chi connectivity index (χ2v) is 4.64. The number of hydrogen-bond donors (Lipinski definition) is 2. The van der Waals surface area contributed by atoms with Gasteiger partial charge in [0.15, 0.2) is 5.82 Å². The summed E-state index contributed by atoms with van der Waals surface area (Å²) in [7, 11) is 1.58. The van der Waals surface area contributed by atoms with Crippen molar-refractivity contribution in [3.8, 4) is 0 Å². The number of nitrogens with zero attached hydrogens (tertiary/aromatic N) is 2. The summed E-state index contributed by atoms with van der Waals surface area (Å²) in [5.74, 6) is 0.532. The molecule has 0 saturated carbocycles. The highest BCUT2D eigenvalue weighted by atomic mass is 16.5. The molecule has 2 amide bonds. The predicted octanol–water partition coefficient (Wildman–Crippen LogP) is 0.507. The summed E-state index contributed by atoms with van der Waals surface area (Å²) in [5, 5.41) is 6.19. The van der Waals surface area contributed by atoms with Crippen LogP contribution in [-0.2, 0) is 9.59 Å². The van der Waals surface area contributed by atoms with E-state index in [0.717, 1.165) is 0 Å². The van der Waals surface area contributed by atoms with Crippen molar-refractivity contribution >= 4 is 17.6 Å². The molecule has 1 aromatic rings. The molecule has 0 aliphatic carbocycles. The Morgan fingerprint density at radius 3 is 2.79 bits per heavy atom. The van der Waals surface area contributed by atoms with Gasteiger partial charge in [-0.05, 0) is 20.3 Å². The van der Waals surface area contributed by atoms with Gasteiger partial charge in [0, 0.05) is 25.6 Å². The Hall–Kier alpha value is -1.89. The highest BCUT2D eigenvalue weighted by Crippen LogP contribution is 2.07. The molecule has 0 saturated heterocycles. The Bertz CT molecular complexity index is 442. The fourth-order valence-electron chi connectivity index (χ4n) is 1.45. The maximum Gasteiger partial charge on any atom is 0.245 e. The smallest absolute Gasteiger partial charge is 0.245 e. The van der Waals surface area contributed by atoms with Gasteiger partial charge in [0.25, 0.3) is 0 Å². The molecule has 0 aromatic carbocycles. The maximum absolute atomic E-state index is 11.7. The van der Waals surface area contributed by atoms with E-state index in [1.165, 1.54) is 4.90 Å². The van der Waals surface area contributed by atoms with Gasteiger partial charge in [0.05, 0.1) is 6.54 Å². The Kier molecular flexibility index (Phi) is 5.50. The van der Waals surface area contributed by atoms with E-state index >= 15 is 0 Å². The number of anilines is 1. The Morgan fingerprint density at radius 1 is 1.58 bits per heavy atom. The van der Waals surface area contributed by atoms with Crippen LogP contribution in [0.5, 0.6) is 0 Å². The summed E-state index contributed by atoms with van der Waals surface area (Å²) >= 11 is 0. The van der Waals surface area contributed by atoms with Crippen molar-refractivity contribution in [3.05, 3.63) is 11.8 Å². The van der Waals surface area contributed by atoms with Gasteiger partial charge in [-0.15, -0.1) is 0 Å².